The first kappa shape index (κ1) is 9.95. The van der Waals surface area contributed by atoms with Crippen molar-refractivity contribution in [3.05, 3.63) is 48.3 Å². The van der Waals surface area contributed by atoms with Gasteiger partial charge in [0.15, 0.2) is 0 Å². The molecule has 16 heavy (non-hydrogen) atoms. The second kappa shape index (κ2) is 4.77. The molecule has 0 saturated heterocycles. The molecule has 0 aliphatic rings. The van der Waals surface area contributed by atoms with E-state index in [2.05, 4.69) is 21.8 Å². The average Bonchev–Trinajstić information content (AvgIpc) is 2.83. The Morgan fingerprint density at radius 2 is 2.31 bits per heavy atom. The van der Waals surface area contributed by atoms with E-state index in [0.29, 0.717) is 17.8 Å². The van der Waals surface area contributed by atoms with Gasteiger partial charge in [0.1, 0.15) is 11.8 Å². The molecule has 0 N–H and O–H groups in total. The van der Waals surface area contributed by atoms with Gasteiger partial charge in [-0.1, -0.05) is 5.92 Å². The number of nitriles is 1. The SMILES string of the molecule is N#Cc1ccc(C#CCn2ccnc2)nc1. The Labute approximate surface area is 93.2 Å². The summed E-state index contributed by atoms with van der Waals surface area (Å²) in [6, 6.07) is 5.45. The average molecular weight is 208 g/mol. The quantitative estimate of drug-likeness (QED) is 0.662. The highest BCUT2D eigenvalue weighted by Gasteiger charge is 1.90. The zero-order valence-corrected chi connectivity index (χ0v) is 8.46. The van der Waals surface area contributed by atoms with Crippen LogP contribution in [0.2, 0.25) is 0 Å². The van der Waals surface area contributed by atoms with Crippen LogP contribution in [0.15, 0.2) is 37.1 Å². The highest BCUT2D eigenvalue weighted by molar-refractivity contribution is 5.33. The Morgan fingerprint density at radius 3 is 2.94 bits per heavy atom. The number of nitrogens with zero attached hydrogens (tertiary/aromatic N) is 4. The first-order valence-electron chi connectivity index (χ1n) is 4.69. The Bertz CT molecular complexity index is 550. The number of hydrogen-bond acceptors (Lipinski definition) is 3. The van der Waals surface area contributed by atoms with Crippen molar-refractivity contribution in [3.8, 4) is 17.9 Å². The molecular weight excluding hydrogens is 200 g/mol. The Hall–Kier alpha value is -2.59. The molecule has 4 heteroatoms. The molecule has 2 aromatic heterocycles. The van der Waals surface area contributed by atoms with Crippen molar-refractivity contribution in [1.29, 1.82) is 5.26 Å². The maximum Gasteiger partial charge on any atom is 0.113 e. The minimum atomic E-state index is 0.542. The highest BCUT2D eigenvalue weighted by atomic mass is 15.0. The molecule has 0 amide bonds. The van der Waals surface area contributed by atoms with E-state index >= 15 is 0 Å². The number of rotatable bonds is 1. The minimum Gasteiger partial charge on any atom is -0.326 e. The molecule has 0 radical (unpaired) electrons. The summed E-state index contributed by atoms with van der Waals surface area (Å²) in [6.07, 6.45) is 6.78. The van der Waals surface area contributed by atoms with Gasteiger partial charge in [-0.15, -0.1) is 0 Å². The lowest BCUT2D eigenvalue weighted by Gasteiger charge is -1.91. The van der Waals surface area contributed by atoms with Crippen LogP contribution in [0.1, 0.15) is 11.3 Å². The Kier molecular flexibility index (Phi) is 2.96. The van der Waals surface area contributed by atoms with Crippen LogP contribution in [-0.4, -0.2) is 14.5 Å². The van der Waals surface area contributed by atoms with Gasteiger partial charge >= 0.3 is 0 Å². The zero-order chi connectivity index (χ0) is 11.2. The van der Waals surface area contributed by atoms with E-state index in [0.717, 1.165) is 0 Å². The Balaban J connectivity index is 2.04. The molecular formula is C12H8N4. The third kappa shape index (κ3) is 2.46. The smallest absolute Gasteiger partial charge is 0.113 e. The number of imidazole rings is 1. The summed E-state index contributed by atoms with van der Waals surface area (Å²) in [7, 11) is 0. The predicted octanol–water partition coefficient (Wildman–Crippen LogP) is 1.20. The summed E-state index contributed by atoms with van der Waals surface area (Å²) in [4.78, 5) is 7.96. The molecule has 0 bridgehead atoms. The third-order valence-corrected chi connectivity index (χ3v) is 1.93. The lowest BCUT2D eigenvalue weighted by Crippen LogP contribution is -1.90. The van der Waals surface area contributed by atoms with Crippen molar-refractivity contribution < 1.29 is 0 Å². The molecule has 76 valence electrons. The molecule has 0 aliphatic heterocycles. The lowest BCUT2D eigenvalue weighted by atomic mass is 10.3. The second-order valence-electron chi connectivity index (χ2n) is 3.08. The maximum absolute atomic E-state index is 8.59. The maximum atomic E-state index is 8.59. The summed E-state index contributed by atoms with van der Waals surface area (Å²) >= 11 is 0. The first-order valence-corrected chi connectivity index (χ1v) is 4.69. The summed E-state index contributed by atoms with van der Waals surface area (Å²) in [6.45, 7) is 0.585. The van der Waals surface area contributed by atoms with Crippen LogP contribution in [0.4, 0.5) is 0 Å². The first-order chi connectivity index (χ1) is 7.88. The normalized spacial score (nSPS) is 8.94. The molecule has 2 aromatic rings. The van der Waals surface area contributed by atoms with Crippen molar-refractivity contribution in [3.63, 3.8) is 0 Å². The van der Waals surface area contributed by atoms with Crippen LogP contribution < -0.4 is 0 Å². The molecule has 0 fully saturated rings. The monoisotopic (exact) mass is 208 g/mol. The fraction of sp³-hybridized carbons (Fsp3) is 0.0833. The van der Waals surface area contributed by atoms with E-state index in [1.54, 1.807) is 24.7 Å². The van der Waals surface area contributed by atoms with Gasteiger partial charge in [0.05, 0.1) is 18.4 Å². The molecule has 4 nitrogen and oxygen atoms in total. The molecule has 2 rings (SSSR count). The molecule has 0 aliphatic carbocycles. The summed E-state index contributed by atoms with van der Waals surface area (Å²) in [5.41, 5.74) is 1.21. The van der Waals surface area contributed by atoms with Gasteiger partial charge in [0, 0.05) is 18.6 Å². The van der Waals surface area contributed by atoms with Crippen LogP contribution in [-0.2, 0) is 6.54 Å². The molecule has 0 unspecified atom stereocenters. The van der Waals surface area contributed by atoms with Gasteiger partial charge in [0.2, 0.25) is 0 Å². The van der Waals surface area contributed by atoms with Gasteiger partial charge in [-0.05, 0) is 18.1 Å². The van der Waals surface area contributed by atoms with E-state index in [9.17, 15) is 0 Å². The third-order valence-electron chi connectivity index (χ3n) is 1.93. The van der Waals surface area contributed by atoms with Crippen LogP contribution in [0.5, 0.6) is 0 Å². The van der Waals surface area contributed by atoms with Crippen LogP contribution in [0, 0.1) is 23.2 Å². The molecule has 0 saturated carbocycles. The van der Waals surface area contributed by atoms with Gasteiger partial charge in [-0.25, -0.2) is 9.97 Å². The minimum absolute atomic E-state index is 0.542. The van der Waals surface area contributed by atoms with Crippen molar-refractivity contribution in [2.45, 2.75) is 6.54 Å². The largest absolute Gasteiger partial charge is 0.326 e. The Morgan fingerprint density at radius 1 is 1.38 bits per heavy atom. The van der Waals surface area contributed by atoms with E-state index in [1.807, 2.05) is 16.8 Å². The van der Waals surface area contributed by atoms with Crippen LogP contribution in [0.3, 0.4) is 0 Å². The van der Waals surface area contributed by atoms with E-state index in [4.69, 9.17) is 5.26 Å². The zero-order valence-electron chi connectivity index (χ0n) is 8.46. The standard InChI is InChI=1S/C12H8N4/c13-8-11-3-4-12(15-9-11)2-1-6-16-7-5-14-10-16/h3-5,7,9-10H,6H2. The summed E-state index contributed by atoms with van der Waals surface area (Å²) in [5, 5.41) is 8.59. The second-order valence-corrected chi connectivity index (χ2v) is 3.08. The summed E-state index contributed by atoms with van der Waals surface area (Å²) in [5.74, 6) is 5.88. The van der Waals surface area contributed by atoms with E-state index in [-0.39, 0.29) is 0 Å². The topological polar surface area (TPSA) is 54.5 Å². The fourth-order valence-electron chi connectivity index (χ4n) is 1.14. The molecule has 0 atom stereocenters. The van der Waals surface area contributed by atoms with Crippen molar-refractivity contribution >= 4 is 0 Å². The molecule has 0 aromatic carbocycles. The fourth-order valence-corrected chi connectivity index (χ4v) is 1.14. The van der Waals surface area contributed by atoms with E-state index < -0.39 is 0 Å². The molecule has 0 spiro atoms. The van der Waals surface area contributed by atoms with Crippen LogP contribution >= 0.6 is 0 Å². The van der Waals surface area contributed by atoms with Crippen molar-refractivity contribution in [1.82, 2.24) is 14.5 Å². The number of aromatic nitrogens is 3. The van der Waals surface area contributed by atoms with Crippen molar-refractivity contribution in [2.24, 2.45) is 0 Å². The number of hydrogen-bond donors (Lipinski definition) is 0. The van der Waals surface area contributed by atoms with Crippen molar-refractivity contribution in [2.75, 3.05) is 0 Å². The lowest BCUT2D eigenvalue weighted by molar-refractivity contribution is 0.839. The van der Waals surface area contributed by atoms with E-state index in [1.165, 1.54) is 6.20 Å². The van der Waals surface area contributed by atoms with Gasteiger partial charge in [-0.3, -0.25) is 0 Å². The predicted molar refractivity (Wildman–Crippen MR) is 58.1 cm³/mol. The molecule has 2 heterocycles. The van der Waals surface area contributed by atoms with Gasteiger partial charge in [0.25, 0.3) is 0 Å². The van der Waals surface area contributed by atoms with Crippen LogP contribution in [0.25, 0.3) is 0 Å². The summed E-state index contributed by atoms with van der Waals surface area (Å²) < 4.78 is 1.87. The van der Waals surface area contributed by atoms with Gasteiger partial charge < -0.3 is 4.57 Å². The number of pyridine rings is 1. The highest BCUT2D eigenvalue weighted by Crippen LogP contribution is 1.96. The van der Waals surface area contributed by atoms with Gasteiger partial charge in [-0.2, -0.15) is 5.26 Å².